The van der Waals surface area contributed by atoms with Gasteiger partial charge in [0, 0.05) is 22.0 Å². The number of carbonyl (C=O) groups excluding carboxylic acids is 1. The molecule has 3 N–H and O–H groups in total. The molecule has 0 atom stereocenters. The van der Waals surface area contributed by atoms with Crippen molar-refractivity contribution in [1.29, 1.82) is 0 Å². The van der Waals surface area contributed by atoms with Crippen LogP contribution in [0, 0.1) is 0 Å². The normalized spacial score (nSPS) is 10.5. The van der Waals surface area contributed by atoms with Gasteiger partial charge in [0.1, 0.15) is 6.54 Å². The van der Waals surface area contributed by atoms with Crippen molar-refractivity contribution in [2.24, 2.45) is 0 Å². The number of tetrazole rings is 1. The molecule has 0 fully saturated rings. The molecule has 0 bridgehead atoms. The summed E-state index contributed by atoms with van der Waals surface area (Å²) in [4.78, 5) is 13.2. The summed E-state index contributed by atoms with van der Waals surface area (Å²) in [6.07, 6.45) is 0. The summed E-state index contributed by atoms with van der Waals surface area (Å²) in [6, 6.07) is 13.9. The van der Waals surface area contributed by atoms with Gasteiger partial charge in [0.15, 0.2) is 0 Å². The van der Waals surface area contributed by atoms with Gasteiger partial charge in [-0.25, -0.2) is 0 Å². The van der Waals surface area contributed by atoms with Crippen LogP contribution in [0.15, 0.2) is 48.5 Å². The van der Waals surface area contributed by atoms with Gasteiger partial charge in [0.2, 0.25) is 11.7 Å². The number of halogens is 1. The molecule has 0 saturated carbocycles. The lowest BCUT2D eigenvalue weighted by atomic mass is 10.2. The van der Waals surface area contributed by atoms with Crippen molar-refractivity contribution >= 4 is 28.9 Å². The molecule has 0 spiro atoms. The predicted octanol–water partition coefficient (Wildman–Crippen LogP) is 2.21. The molecule has 0 aliphatic heterocycles. The molecule has 23 heavy (non-hydrogen) atoms. The van der Waals surface area contributed by atoms with E-state index in [-0.39, 0.29) is 12.5 Å². The van der Waals surface area contributed by atoms with Gasteiger partial charge in [-0.2, -0.15) is 4.80 Å². The maximum atomic E-state index is 12.0. The summed E-state index contributed by atoms with van der Waals surface area (Å²) in [5, 5.41) is 15.3. The maximum Gasteiger partial charge on any atom is 0.248 e. The summed E-state index contributed by atoms with van der Waals surface area (Å²) < 4.78 is 0. The van der Waals surface area contributed by atoms with E-state index in [2.05, 4.69) is 20.7 Å². The Bertz CT molecular complexity index is 813. The van der Waals surface area contributed by atoms with Crippen LogP contribution in [0.2, 0.25) is 5.02 Å². The number of amides is 1. The van der Waals surface area contributed by atoms with Crippen molar-refractivity contribution in [3.63, 3.8) is 0 Å². The van der Waals surface area contributed by atoms with Gasteiger partial charge in [0.25, 0.3) is 0 Å². The van der Waals surface area contributed by atoms with Crippen molar-refractivity contribution in [2.45, 2.75) is 6.54 Å². The zero-order valence-electron chi connectivity index (χ0n) is 12.0. The van der Waals surface area contributed by atoms with E-state index in [1.54, 1.807) is 48.5 Å². The second-order valence-corrected chi connectivity index (χ2v) is 5.26. The van der Waals surface area contributed by atoms with E-state index in [1.165, 1.54) is 4.80 Å². The van der Waals surface area contributed by atoms with Crippen molar-refractivity contribution in [3.8, 4) is 11.4 Å². The molecule has 1 amide bonds. The molecule has 116 valence electrons. The minimum absolute atomic E-state index is 0.0371. The Labute approximate surface area is 137 Å². The second-order valence-electron chi connectivity index (χ2n) is 4.82. The number of nitrogen functional groups attached to an aromatic ring is 1. The summed E-state index contributed by atoms with van der Waals surface area (Å²) in [5.41, 5.74) is 7.72. The number of nitrogens with one attached hydrogen (secondary N) is 1. The van der Waals surface area contributed by atoms with Crippen molar-refractivity contribution in [2.75, 3.05) is 11.1 Å². The Hall–Kier alpha value is -2.93. The fourth-order valence-corrected chi connectivity index (χ4v) is 2.05. The van der Waals surface area contributed by atoms with Crippen LogP contribution in [0.5, 0.6) is 0 Å². The van der Waals surface area contributed by atoms with Crippen LogP contribution in [-0.4, -0.2) is 26.1 Å². The lowest BCUT2D eigenvalue weighted by Crippen LogP contribution is -2.20. The van der Waals surface area contributed by atoms with Gasteiger partial charge in [-0.05, 0) is 53.7 Å². The van der Waals surface area contributed by atoms with E-state index in [1.807, 2.05) is 0 Å². The molecule has 3 aromatic rings. The number of nitrogens with two attached hydrogens (primary N) is 1. The standard InChI is InChI=1S/C15H13ClN6O/c16-11-3-7-13(8-4-11)18-14(23)9-22-20-15(19-21-22)10-1-5-12(17)6-2-10/h1-8H,9,17H2,(H,18,23). The first-order chi connectivity index (χ1) is 11.1. The molecule has 0 unspecified atom stereocenters. The van der Waals surface area contributed by atoms with Gasteiger partial charge >= 0.3 is 0 Å². The van der Waals surface area contributed by atoms with Crippen LogP contribution < -0.4 is 11.1 Å². The number of hydrogen-bond donors (Lipinski definition) is 2. The summed E-state index contributed by atoms with van der Waals surface area (Å²) in [5.74, 6) is 0.179. The Balaban J connectivity index is 1.65. The average molecular weight is 329 g/mol. The van der Waals surface area contributed by atoms with E-state index in [0.29, 0.717) is 22.2 Å². The van der Waals surface area contributed by atoms with Crippen LogP contribution in [-0.2, 0) is 11.3 Å². The lowest BCUT2D eigenvalue weighted by molar-refractivity contribution is -0.117. The minimum Gasteiger partial charge on any atom is -0.399 e. The highest BCUT2D eigenvalue weighted by atomic mass is 35.5. The van der Waals surface area contributed by atoms with Crippen molar-refractivity contribution in [1.82, 2.24) is 20.2 Å². The topological polar surface area (TPSA) is 98.7 Å². The molecule has 8 heteroatoms. The van der Waals surface area contributed by atoms with Crippen LogP contribution in [0.1, 0.15) is 0 Å². The first-order valence-corrected chi connectivity index (χ1v) is 7.17. The van der Waals surface area contributed by atoms with Crippen LogP contribution in [0.4, 0.5) is 11.4 Å². The Morgan fingerprint density at radius 1 is 1.13 bits per heavy atom. The molecule has 0 aliphatic rings. The van der Waals surface area contributed by atoms with Gasteiger partial charge in [-0.3, -0.25) is 4.79 Å². The van der Waals surface area contributed by atoms with E-state index in [0.717, 1.165) is 5.56 Å². The average Bonchev–Trinajstić information content (AvgIpc) is 2.98. The van der Waals surface area contributed by atoms with Crippen LogP contribution >= 0.6 is 11.6 Å². The summed E-state index contributed by atoms with van der Waals surface area (Å²) in [6.45, 7) is -0.0371. The van der Waals surface area contributed by atoms with E-state index >= 15 is 0 Å². The van der Waals surface area contributed by atoms with Gasteiger partial charge in [-0.15, -0.1) is 10.2 Å². The van der Waals surface area contributed by atoms with Gasteiger partial charge in [-0.1, -0.05) is 11.6 Å². The summed E-state index contributed by atoms with van der Waals surface area (Å²) >= 11 is 5.80. The van der Waals surface area contributed by atoms with Crippen LogP contribution in [0.25, 0.3) is 11.4 Å². The predicted molar refractivity (Wildman–Crippen MR) is 87.7 cm³/mol. The molecular weight excluding hydrogens is 316 g/mol. The third-order valence-corrected chi connectivity index (χ3v) is 3.29. The number of nitrogens with zero attached hydrogens (tertiary/aromatic N) is 4. The number of aromatic nitrogens is 4. The maximum absolute atomic E-state index is 12.0. The highest BCUT2D eigenvalue weighted by Crippen LogP contribution is 2.15. The molecule has 0 aliphatic carbocycles. The van der Waals surface area contributed by atoms with Crippen molar-refractivity contribution in [3.05, 3.63) is 53.6 Å². The zero-order valence-corrected chi connectivity index (χ0v) is 12.7. The molecule has 2 aromatic carbocycles. The monoisotopic (exact) mass is 328 g/mol. The molecule has 0 radical (unpaired) electrons. The van der Waals surface area contributed by atoms with Crippen molar-refractivity contribution < 1.29 is 4.79 Å². The quantitative estimate of drug-likeness (QED) is 0.715. The number of benzene rings is 2. The molecule has 0 saturated heterocycles. The lowest BCUT2D eigenvalue weighted by Gasteiger charge is -2.04. The van der Waals surface area contributed by atoms with E-state index < -0.39 is 0 Å². The van der Waals surface area contributed by atoms with E-state index in [9.17, 15) is 4.79 Å². The number of hydrogen-bond acceptors (Lipinski definition) is 5. The molecular formula is C15H13ClN6O. The molecule has 1 aromatic heterocycles. The largest absolute Gasteiger partial charge is 0.399 e. The minimum atomic E-state index is -0.256. The Kier molecular flexibility index (Phi) is 4.20. The smallest absolute Gasteiger partial charge is 0.248 e. The highest BCUT2D eigenvalue weighted by molar-refractivity contribution is 6.30. The molecule has 1 heterocycles. The highest BCUT2D eigenvalue weighted by Gasteiger charge is 2.09. The van der Waals surface area contributed by atoms with Crippen LogP contribution in [0.3, 0.4) is 0 Å². The first-order valence-electron chi connectivity index (χ1n) is 6.79. The zero-order chi connectivity index (χ0) is 16.2. The third kappa shape index (κ3) is 3.83. The second kappa shape index (κ2) is 6.45. The Morgan fingerprint density at radius 2 is 1.83 bits per heavy atom. The molecule has 3 rings (SSSR count). The Morgan fingerprint density at radius 3 is 2.52 bits per heavy atom. The van der Waals surface area contributed by atoms with E-state index in [4.69, 9.17) is 17.3 Å². The number of rotatable bonds is 4. The number of anilines is 2. The van der Waals surface area contributed by atoms with Gasteiger partial charge in [0.05, 0.1) is 0 Å². The third-order valence-electron chi connectivity index (χ3n) is 3.03. The fraction of sp³-hybridized carbons (Fsp3) is 0.0667. The summed E-state index contributed by atoms with van der Waals surface area (Å²) in [7, 11) is 0. The fourth-order valence-electron chi connectivity index (χ4n) is 1.92. The first kappa shape index (κ1) is 15.0. The number of carbonyl (C=O) groups is 1. The SMILES string of the molecule is Nc1ccc(-c2nnn(CC(=O)Nc3ccc(Cl)cc3)n2)cc1. The van der Waals surface area contributed by atoms with Gasteiger partial charge < -0.3 is 11.1 Å². The molecule has 7 nitrogen and oxygen atoms in total.